The number of furan rings is 2. The minimum absolute atomic E-state index is 0.839. The van der Waals surface area contributed by atoms with Gasteiger partial charge in [-0.2, -0.15) is 0 Å². The number of anilines is 3. The molecule has 2 heterocycles. The molecule has 0 unspecified atom stereocenters. The fourth-order valence-electron chi connectivity index (χ4n) is 9.09. The van der Waals surface area contributed by atoms with Crippen molar-refractivity contribution in [2.45, 2.75) is 0 Å². The summed E-state index contributed by atoms with van der Waals surface area (Å²) in [5.41, 5.74) is 15.9. The molecule has 0 saturated heterocycles. The summed E-state index contributed by atoms with van der Waals surface area (Å²) < 4.78 is 13.3. The zero-order chi connectivity index (χ0) is 40.3. The van der Waals surface area contributed by atoms with E-state index < -0.39 is 0 Å². The van der Waals surface area contributed by atoms with E-state index in [1.54, 1.807) is 0 Å². The summed E-state index contributed by atoms with van der Waals surface area (Å²) in [5.74, 6) is 0. The van der Waals surface area contributed by atoms with Gasteiger partial charge in [0.2, 0.25) is 0 Å². The average Bonchev–Trinajstić information content (AvgIpc) is 3.91. The third kappa shape index (κ3) is 5.98. The van der Waals surface area contributed by atoms with E-state index in [0.29, 0.717) is 0 Å². The lowest BCUT2D eigenvalue weighted by molar-refractivity contribution is 0.669. The molecule has 2 aromatic heterocycles. The Balaban J connectivity index is 1.02. The van der Waals surface area contributed by atoms with Crippen LogP contribution in [0.4, 0.5) is 17.1 Å². The molecule has 0 amide bonds. The summed E-state index contributed by atoms with van der Waals surface area (Å²) in [4.78, 5) is 2.32. The van der Waals surface area contributed by atoms with Gasteiger partial charge in [-0.15, -0.1) is 0 Å². The topological polar surface area (TPSA) is 29.5 Å². The summed E-state index contributed by atoms with van der Waals surface area (Å²) in [5, 5.41) is 6.66. The third-order valence-corrected chi connectivity index (χ3v) is 12.1. The molecule has 12 rings (SSSR count). The number of nitrogens with zero attached hydrogens (tertiary/aromatic N) is 1. The second kappa shape index (κ2) is 14.3. The molecule has 12 aromatic rings. The average molecular weight is 780 g/mol. The molecular formula is C58H37NO2. The lowest BCUT2D eigenvalue weighted by Crippen LogP contribution is -2.10. The summed E-state index contributed by atoms with van der Waals surface area (Å²) in [7, 11) is 0. The summed E-state index contributed by atoms with van der Waals surface area (Å²) in [6.07, 6.45) is 0. The highest BCUT2D eigenvalue weighted by atomic mass is 16.3. The van der Waals surface area contributed by atoms with Gasteiger partial charge >= 0.3 is 0 Å². The molecular weight excluding hydrogens is 743 g/mol. The fourth-order valence-corrected chi connectivity index (χ4v) is 9.09. The van der Waals surface area contributed by atoms with Gasteiger partial charge in [0.25, 0.3) is 0 Å². The van der Waals surface area contributed by atoms with Crippen molar-refractivity contribution < 1.29 is 8.83 Å². The van der Waals surface area contributed by atoms with E-state index in [4.69, 9.17) is 8.83 Å². The molecule has 0 fully saturated rings. The van der Waals surface area contributed by atoms with Crippen LogP contribution in [0.2, 0.25) is 0 Å². The van der Waals surface area contributed by atoms with Gasteiger partial charge < -0.3 is 13.7 Å². The predicted octanol–water partition coefficient (Wildman–Crippen LogP) is 16.8. The first kappa shape index (κ1) is 34.9. The van der Waals surface area contributed by atoms with E-state index in [9.17, 15) is 0 Å². The molecule has 10 aromatic carbocycles. The van der Waals surface area contributed by atoms with Crippen LogP contribution in [0.1, 0.15) is 0 Å². The molecule has 3 heteroatoms. The van der Waals surface area contributed by atoms with E-state index in [1.807, 2.05) is 12.1 Å². The van der Waals surface area contributed by atoms with Gasteiger partial charge in [0.1, 0.15) is 16.7 Å². The van der Waals surface area contributed by atoms with Gasteiger partial charge in [-0.05, 0) is 111 Å². The molecule has 0 aliphatic carbocycles. The number of fused-ring (bicyclic) bond motifs is 8. The number of benzene rings is 10. The van der Waals surface area contributed by atoms with E-state index >= 15 is 0 Å². The highest BCUT2D eigenvalue weighted by Gasteiger charge is 2.22. The van der Waals surface area contributed by atoms with Crippen LogP contribution < -0.4 is 4.90 Å². The van der Waals surface area contributed by atoms with Crippen LogP contribution in [0.3, 0.4) is 0 Å². The van der Waals surface area contributed by atoms with Gasteiger partial charge in [0.15, 0.2) is 5.58 Å². The molecule has 0 atom stereocenters. The molecule has 286 valence electrons. The molecule has 0 radical (unpaired) electrons. The SMILES string of the molecule is c1ccc(-c2ccc(N(c3ccc(-c4ccc5oc6ccccc6c5c4)cc3)c3cccc4c3oc3c5ccccc5c(-c5cccc(-c6ccccc6)c5)cc43)cc2)cc1. The van der Waals surface area contributed by atoms with E-state index in [2.05, 4.69) is 217 Å². The second-order valence-corrected chi connectivity index (χ2v) is 15.7. The zero-order valence-electron chi connectivity index (χ0n) is 33.1. The Bertz CT molecular complexity index is 3560. The van der Waals surface area contributed by atoms with Gasteiger partial charge in [-0.25, -0.2) is 0 Å². The Morgan fingerprint density at radius 1 is 0.262 bits per heavy atom. The van der Waals surface area contributed by atoms with Crippen molar-refractivity contribution >= 4 is 71.7 Å². The molecule has 0 spiro atoms. The lowest BCUT2D eigenvalue weighted by atomic mass is 9.93. The van der Waals surface area contributed by atoms with Crippen LogP contribution in [0.15, 0.2) is 233 Å². The highest BCUT2D eigenvalue weighted by Crippen LogP contribution is 2.46. The summed E-state index contributed by atoms with van der Waals surface area (Å²) in [6.45, 7) is 0. The van der Waals surface area contributed by atoms with Crippen molar-refractivity contribution in [1.82, 2.24) is 0 Å². The maximum atomic E-state index is 7.11. The first-order valence-electron chi connectivity index (χ1n) is 20.7. The molecule has 3 nitrogen and oxygen atoms in total. The van der Waals surface area contributed by atoms with Crippen molar-refractivity contribution in [3.63, 3.8) is 0 Å². The second-order valence-electron chi connectivity index (χ2n) is 15.7. The Kier molecular flexibility index (Phi) is 8.17. The number of para-hydroxylation sites is 2. The zero-order valence-corrected chi connectivity index (χ0v) is 33.1. The number of hydrogen-bond donors (Lipinski definition) is 0. The van der Waals surface area contributed by atoms with Gasteiger partial charge in [0, 0.05) is 38.3 Å². The molecule has 0 aliphatic heterocycles. The first-order chi connectivity index (χ1) is 30.2. The Morgan fingerprint density at radius 3 is 1.49 bits per heavy atom. The predicted molar refractivity (Wildman–Crippen MR) is 255 cm³/mol. The largest absolute Gasteiger partial charge is 0.456 e. The third-order valence-electron chi connectivity index (χ3n) is 12.1. The van der Waals surface area contributed by atoms with Gasteiger partial charge in [-0.1, -0.05) is 164 Å². The smallest absolute Gasteiger partial charge is 0.159 e. The Morgan fingerprint density at radius 2 is 0.754 bits per heavy atom. The van der Waals surface area contributed by atoms with Crippen molar-refractivity contribution in [2.24, 2.45) is 0 Å². The molecule has 0 aliphatic rings. The van der Waals surface area contributed by atoms with E-state index in [1.165, 1.54) is 33.4 Å². The van der Waals surface area contributed by atoms with Crippen LogP contribution in [-0.2, 0) is 0 Å². The van der Waals surface area contributed by atoms with Crippen LogP contribution in [0, 0.1) is 0 Å². The number of rotatable bonds is 7. The van der Waals surface area contributed by atoms with Crippen LogP contribution in [0.25, 0.3) is 99.2 Å². The van der Waals surface area contributed by atoms with Crippen molar-refractivity contribution in [3.8, 4) is 44.5 Å². The van der Waals surface area contributed by atoms with Gasteiger partial charge in [0.05, 0.1) is 5.69 Å². The summed E-state index contributed by atoms with van der Waals surface area (Å²) >= 11 is 0. The van der Waals surface area contributed by atoms with Crippen LogP contribution >= 0.6 is 0 Å². The number of hydrogen-bond acceptors (Lipinski definition) is 3. The Hall–Kier alpha value is -8.14. The van der Waals surface area contributed by atoms with Crippen LogP contribution in [0.5, 0.6) is 0 Å². The molecule has 0 saturated carbocycles. The first-order valence-corrected chi connectivity index (χ1v) is 20.7. The normalized spacial score (nSPS) is 11.6. The fraction of sp³-hybridized carbons (Fsp3) is 0. The standard InChI is InChI=1S/C58H37NO2/c1-3-13-38(14-4-1)40-25-30-45(31-26-40)59(46-32-27-41(28-33-46)43-29-34-56-52(36-43)48-20-9-10-24-55(48)60-56)54-23-12-22-50-53-37-51(47-19-7-8-21-49(47)57(53)61-58(50)54)44-18-11-17-42(35-44)39-15-5-2-6-16-39/h1-37H. The van der Waals surface area contributed by atoms with Crippen molar-refractivity contribution in [1.29, 1.82) is 0 Å². The van der Waals surface area contributed by atoms with Gasteiger partial charge in [-0.3, -0.25) is 0 Å². The maximum Gasteiger partial charge on any atom is 0.159 e. The highest BCUT2D eigenvalue weighted by molar-refractivity contribution is 6.21. The molecule has 0 bridgehead atoms. The lowest BCUT2D eigenvalue weighted by Gasteiger charge is -2.26. The minimum atomic E-state index is 0.839. The van der Waals surface area contributed by atoms with E-state index in [-0.39, 0.29) is 0 Å². The minimum Gasteiger partial charge on any atom is -0.456 e. The Labute approximate surface area is 353 Å². The van der Waals surface area contributed by atoms with E-state index in [0.717, 1.165) is 82.8 Å². The maximum absolute atomic E-state index is 7.11. The monoisotopic (exact) mass is 779 g/mol. The van der Waals surface area contributed by atoms with Crippen molar-refractivity contribution in [3.05, 3.63) is 224 Å². The summed E-state index contributed by atoms with van der Waals surface area (Å²) in [6, 6.07) is 79.8. The molecule has 0 N–H and O–H groups in total. The quantitative estimate of drug-likeness (QED) is 0.161. The molecule has 61 heavy (non-hydrogen) atoms. The van der Waals surface area contributed by atoms with Crippen molar-refractivity contribution in [2.75, 3.05) is 4.90 Å². The van der Waals surface area contributed by atoms with Crippen LogP contribution in [-0.4, -0.2) is 0 Å².